The summed E-state index contributed by atoms with van der Waals surface area (Å²) in [6.45, 7) is 6.20. The number of hydrogen-bond acceptors (Lipinski definition) is 7. The van der Waals surface area contributed by atoms with E-state index in [2.05, 4.69) is 36.4 Å². The predicted octanol–water partition coefficient (Wildman–Crippen LogP) is 5.21. The van der Waals surface area contributed by atoms with E-state index in [1.807, 2.05) is 61.8 Å². The van der Waals surface area contributed by atoms with E-state index in [1.54, 1.807) is 18.3 Å². The number of benzene rings is 2. The van der Waals surface area contributed by atoms with Crippen LogP contribution in [0.2, 0.25) is 0 Å². The van der Waals surface area contributed by atoms with Crippen molar-refractivity contribution < 1.29 is 14.3 Å². The van der Waals surface area contributed by atoms with Gasteiger partial charge in [-0.05, 0) is 54.4 Å². The molecule has 1 aliphatic heterocycles. The van der Waals surface area contributed by atoms with E-state index in [0.717, 1.165) is 66.0 Å². The summed E-state index contributed by atoms with van der Waals surface area (Å²) in [5, 5.41) is 10.9. The van der Waals surface area contributed by atoms with Crippen LogP contribution in [0.4, 0.5) is 5.69 Å². The number of carbonyl (C=O) groups excluding carboxylic acids is 1. The Hall–Kier alpha value is -4.60. The molecule has 0 aliphatic carbocycles. The molecule has 5 aromatic rings. The zero-order chi connectivity index (χ0) is 26.6. The normalized spacial score (nSPS) is 13.9. The van der Waals surface area contributed by atoms with Gasteiger partial charge in [0.05, 0.1) is 30.6 Å². The topological polar surface area (TPSA) is 105 Å². The summed E-state index contributed by atoms with van der Waals surface area (Å²) in [5.41, 5.74) is 5.88. The minimum atomic E-state index is -0.327. The molecule has 1 amide bonds. The van der Waals surface area contributed by atoms with Gasteiger partial charge in [0.15, 0.2) is 5.69 Å². The Balaban J connectivity index is 1.17. The van der Waals surface area contributed by atoms with Gasteiger partial charge in [0, 0.05) is 49.0 Å². The van der Waals surface area contributed by atoms with Crippen LogP contribution < -0.4 is 10.1 Å². The number of ether oxygens (including phenoxy) is 2. The van der Waals surface area contributed by atoms with Gasteiger partial charge in [-0.25, -0.2) is 4.98 Å². The summed E-state index contributed by atoms with van der Waals surface area (Å²) in [7, 11) is 0. The van der Waals surface area contributed by atoms with Crippen molar-refractivity contribution >= 4 is 22.5 Å². The molecule has 6 rings (SSSR count). The lowest BCUT2D eigenvalue weighted by atomic mass is 10.0. The number of aryl methyl sites for hydroxylation is 1. The molecule has 2 N–H and O–H groups in total. The van der Waals surface area contributed by atoms with Crippen LogP contribution in [0.5, 0.6) is 11.6 Å². The third kappa shape index (κ3) is 5.79. The van der Waals surface area contributed by atoms with E-state index in [-0.39, 0.29) is 5.91 Å². The Labute approximate surface area is 225 Å². The number of nitrogens with zero attached hydrogens (tertiary/aromatic N) is 4. The second kappa shape index (κ2) is 11.0. The highest BCUT2D eigenvalue weighted by molar-refractivity contribution is 6.11. The van der Waals surface area contributed by atoms with Crippen molar-refractivity contribution in [1.82, 2.24) is 25.1 Å². The summed E-state index contributed by atoms with van der Waals surface area (Å²) in [6, 6.07) is 19.3. The highest BCUT2D eigenvalue weighted by atomic mass is 16.5. The maximum absolute atomic E-state index is 13.1. The first-order valence-electron chi connectivity index (χ1n) is 12.9. The number of nitrogens with one attached hydrogen (secondary N) is 2. The van der Waals surface area contributed by atoms with Crippen LogP contribution >= 0.6 is 0 Å². The number of hydrogen-bond donors (Lipinski definition) is 2. The Bertz CT molecular complexity index is 1590. The molecule has 3 aromatic heterocycles. The second-order valence-corrected chi connectivity index (χ2v) is 9.56. The van der Waals surface area contributed by atoms with E-state index >= 15 is 0 Å². The molecular formula is C30H28N6O3. The molecule has 196 valence electrons. The van der Waals surface area contributed by atoms with Gasteiger partial charge in [0.2, 0.25) is 5.88 Å². The van der Waals surface area contributed by atoms with Crippen molar-refractivity contribution in [3.8, 4) is 22.8 Å². The third-order valence-electron chi connectivity index (χ3n) is 6.65. The number of amides is 1. The fourth-order valence-electron chi connectivity index (χ4n) is 4.55. The van der Waals surface area contributed by atoms with Crippen molar-refractivity contribution in [3.63, 3.8) is 0 Å². The third-order valence-corrected chi connectivity index (χ3v) is 6.65. The summed E-state index contributed by atoms with van der Waals surface area (Å²) in [4.78, 5) is 24.3. The van der Waals surface area contributed by atoms with E-state index in [9.17, 15) is 4.79 Å². The number of carbonyl (C=O) groups is 1. The number of anilines is 1. The maximum Gasteiger partial charge on any atom is 0.276 e. The van der Waals surface area contributed by atoms with E-state index in [4.69, 9.17) is 9.47 Å². The average Bonchev–Trinajstić information content (AvgIpc) is 3.40. The van der Waals surface area contributed by atoms with Gasteiger partial charge in [-0.2, -0.15) is 5.10 Å². The fourth-order valence-corrected chi connectivity index (χ4v) is 4.55. The second-order valence-electron chi connectivity index (χ2n) is 9.56. The van der Waals surface area contributed by atoms with Crippen molar-refractivity contribution in [1.29, 1.82) is 0 Å². The summed E-state index contributed by atoms with van der Waals surface area (Å²) >= 11 is 0. The standard InChI is InChI=1S/C30H28N6O3/c1-20-2-6-25(7-3-20)39-28-9-5-24(18-32-28)33-30(37)29-26-15-22(4-8-27(26)34-35-29)23-14-21(16-31-17-23)19-36-10-12-38-13-11-36/h2-9,14-18H,10-13,19H2,1H3,(H,33,37)(H,34,35). The van der Waals surface area contributed by atoms with Crippen LogP contribution in [-0.4, -0.2) is 57.3 Å². The van der Waals surface area contributed by atoms with Gasteiger partial charge in [-0.1, -0.05) is 23.8 Å². The van der Waals surface area contributed by atoms with Gasteiger partial charge in [-0.3, -0.25) is 19.8 Å². The maximum atomic E-state index is 13.1. The smallest absolute Gasteiger partial charge is 0.276 e. The van der Waals surface area contributed by atoms with Crippen LogP contribution in [-0.2, 0) is 11.3 Å². The zero-order valence-corrected chi connectivity index (χ0v) is 21.6. The van der Waals surface area contributed by atoms with Crippen LogP contribution in [0.25, 0.3) is 22.0 Å². The molecule has 0 bridgehead atoms. The molecular weight excluding hydrogens is 492 g/mol. The first kappa shape index (κ1) is 24.7. The van der Waals surface area contributed by atoms with Gasteiger partial charge < -0.3 is 14.8 Å². The van der Waals surface area contributed by atoms with Gasteiger partial charge in [-0.15, -0.1) is 0 Å². The average molecular weight is 521 g/mol. The first-order chi connectivity index (χ1) is 19.1. The quantitative estimate of drug-likeness (QED) is 0.304. The zero-order valence-electron chi connectivity index (χ0n) is 21.6. The predicted molar refractivity (Wildman–Crippen MR) is 149 cm³/mol. The van der Waals surface area contributed by atoms with E-state index in [0.29, 0.717) is 23.0 Å². The number of fused-ring (bicyclic) bond motifs is 1. The SMILES string of the molecule is Cc1ccc(Oc2ccc(NC(=O)c3n[nH]c4ccc(-c5cncc(CN6CCOCC6)c5)cc34)cn2)cc1. The Morgan fingerprint density at radius 3 is 2.64 bits per heavy atom. The molecule has 0 unspecified atom stereocenters. The van der Waals surface area contributed by atoms with Crippen LogP contribution in [0.3, 0.4) is 0 Å². The highest BCUT2D eigenvalue weighted by Gasteiger charge is 2.16. The minimum absolute atomic E-state index is 0.310. The van der Waals surface area contributed by atoms with Crippen molar-refractivity contribution in [2.75, 3.05) is 31.6 Å². The van der Waals surface area contributed by atoms with Gasteiger partial charge in [0.25, 0.3) is 5.91 Å². The summed E-state index contributed by atoms with van der Waals surface area (Å²) in [5.74, 6) is 0.813. The molecule has 9 heteroatoms. The number of aromatic amines is 1. The van der Waals surface area contributed by atoms with Crippen LogP contribution in [0.1, 0.15) is 21.6 Å². The lowest BCUT2D eigenvalue weighted by molar-refractivity contribution is 0.0341. The van der Waals surface area contributed by atoms with Crippen LogP contribution in [0, 0.1) is 6.92 Å². The number of morpholine rings is 1. The fraction of sp³-hybridized carbons (Fsp3) is 0.200. The van der Waals surface area contributed by atoms with E-state index in [1.165, 1.54) is 0 Å². The number of rotatable bonds is 7. The number of aromatic nitrogens is 4. The van der Waals surface area contributed by atoms with Gasteiger partial charge in [0.1, 0.15) is 5.75 Å². The molecule has 0 saturated carbocycles. The summed E-state index contributed by atoms with van der Waals surface area (Å²) < 4.78 is 11.2. The minimum Gasteiger partial charge on any atom is -0.439 e. The van der Waals surface area contributed by atoms with Crippen molar-refractivity contribution in [2.45, 2.75) is 13.5 Å². The van der Waals surface area contributed by atoms with Crippen molar-refractivity contribution in [3.05, 3.63) is 96.1 Å². The largest absolute Gasteiger partial charge is 0.439 e. The molecule has 0 radical (unpaired) electrons. The molecule has 0 atom stereocenters. The van der Waals surface area contributed by atoms with E-state index < -0.39 is 0 Å². The Kier molecular flexibility index (Phi) is 6.99. The molecule has 1 saturated heterocycles. The first-order valence-corrected chi connectivity index (χ1v) is 12.9. The molecule has 1 aliphatic rings. The molecule has 0 spiro atoms. The summed E-state index contributed by atoms with van der Waals surface area (Å²) in [6.07, 6.45) is 5.31. The number of H-pyrrole nitrogens is 1. The lowest BCUT2D eigenvalue weighted by Gasteiger charge is -2.26. The number of pyridine rings is 2. The molecule has 4 heterocycles. The lowest BCUT2D eigenvalue weighted by Crippen LogP contribution is -2.35. The van der Waals surface area contributed by atoms with Gasteiger partial charge >= 0.3 is 0 Å². The van der Waals surface area contributed by atoms with Crippen molar-refractivity contribution in [2.24, 2.45) is 0 Å². The Morgan fingerprint density at radius 2 is 1.85 bits per heavy atom. The van der Waals surface area contributed by atoms with Crippen LogP contribution in [0.15, 0.2) is 79.3 Å². The molecule has 2 aromatic carbocycles. The Morgan fingerprint density at radius 1 is 1.00 bits per heavy atom. The molecule has 9 nitrogen and oxygen atoms in total. The molecule has 39 heavy (non-hydrogen) atoms. The molecule has 1 fully saturated rings. The monoisotopic (exact) mass is 520 g/mol. The highest BCUT2D eigenvalue weighted by Crippen LogP contribution is 2.27.